The van der Waals surface area contributed by atoms with E-state index in [2.05, 4.69) is 35.4 Å². The van der Waals surface area contributed by atoms with E-state index in [1.807, 2.05) is 48.0 Å². The van der Waals surface area contributed by atoms with Crippen LogP contribution < -0.4 is 14.8 Å². The minimum absolute atomic E-state index is 0.241. The first kappa shape index (κ1) is 25.4. The number of pyridine rings is 1. The number of imidazole rings is 1. The van der Waals surface area contributed by atoms with Gasteiger partial charge in [0.1, 0.15) is 11.6 Å². The van der Waals surface area contributed by atoms with E-state index >= 15 is 0 Å². The summed E-state index contributed by atoms with van der Waals surface area (Å²) in [6.07, 6.45) is 4.37. The number of fused-ring (bicyclic) bond motifs is 1. The molecule has 11 heteroatoms. The van der Waals surface area contributed by atoms with E-state index in [1.165, 1.54) is 0 Å². The molecule has 0 radical (unpaired) electrons. The molecule has 0 aliphatic heterocycles. The van der Waals surface area contributed by atoms with E-state index in [0.29, 0.717) is 25.3 Å². The van der Waals surface area contributed by atoms with Crippen molar-refractivity contribution in [2.45, 2.75) is 11.3 Å². The number of nitrogens with one attached hydrogen (secondary N) is 2. The minimum atomic E-state index is -3.54. The Kier molecular flexibility index (Phi) is 7.56. The molecule has 5 aromatic rings. The zero-order valence-corrected chi connectivity index (χ0v) is 23.1. The molecule has 190 valence electrons. The van der Waals surface area contributed by atoms with E-state index in [1.54, 1.807) is 48.9 Å². The summed E-state index contributed by atoms with van der Waals surface area (Å²) in [4.78, 5) is 10.5. The SMILES string of the molecule is COc1cccc(-c2nc3sccn3c2-c2ccnc(NCCCNS(=O)(=O)c3ccc(Br)cc3)c2)c1. The summed E-state index contributed by atoms with van der Waals surface area (Å²) in [7, 11) is -1.89. The van der Waals surface area contributed by atoms with Crippen molar-refractivity contribution in [2.75, 3.05) is 25.5 Å². The molecule has 2 N–H and O–H groups in total. The Hall–Kier alpha value is -3.25. The second-order valence-corrected chi connectivity index (χ2v) is 11.7. The summed E-state index contributed by atoms with van der Waals surface area (Å²) < 4.78 is 35.9. The van der Waals surface area contributed by atoms with Gasteiger partial charge < -0.3 is 10.1 Å². The number of ether oxygens (including phenoxy) is 1. The lowest BCUT2D eigenvalue weighted by atomic mass is 10.1. The first-order chi connectivity index (χ1) is 17.9. The monoisotopic (exact) mass is 597 g/mol. The van der Waals surface area contributed by atoms with Crippen LogP contribution in [0.25, 0.3) is 27.5 Å². The summed E-state index contributed by atoms with van der Waals surface area (Å²) in [5, 5.41) is 5.31. The lowest BCUT2D eigenvalue weighted by Gasteiger charge is -2.10. The molecular formula is C26H24BrN5O3S2. The van der Waals surface area contributed by atoms with Gasteiger partial charge in [-0.2, -0.15) is 0 Å². The van der Waals surface area contributed by atoms with Gasteiger partial charge in [0.05, 0.1) is 23.4 Å². The van der Waals surface area contributed by atoms with Crippen molar-refractivity contribution in [3.63, 3.8) is 0 Å². The molecule has 0 aliphatic rings. The summed E-state index contributed by atoms with van der Waals surface area (Å²) in [5.41, 5.74) is 3.77. The van der Waals surface area contributed by atoms with Crippen molar-refractivity contribution in [1.29, 1.82) is 0 Å². The molecule has 3 aromatic heterocycles. The van der Waals surface area contributed by atoms with E-state index in [-0.39, 0.29) is 4.90 Å². The molecule has 0 unspecified atom stereocenters. The molecule has 0 fully saturated rings. The standard InChI is InChI=1S/C26H24BrN5O3S2/c1-35-21-5-2-4-18(16-21)24-25(32-14-15-36-26(32)31-24)19-10-13-29-23(17-19)28-11-3-12-30-37(33,34)22-8-6-20(27)7-9-22/h2,4-10,13-17,30H,3,11-12H2,1H3,(H,28,29). The number of sulfonamides is 1. The number of hydrogen-bond acceptors (Lipinski definition) is 7. The Morgan fingerprint density at radius 3 is 2.70 bits per heavy atom. The number of methoxy groups -OCH3 is 1. The predicted molar refractivity (Wildman–Crippen MR) is 151 cm³/mol. The van der Waals surface area contributed by atoms with Gasteiger partial charge in [0, 0.05) is 46.5 Å². The fourth-order valence-electron chi connectivity index (χ4n) is 3.92. The van der Waals surface area contributed by atoms with E-state index in [4.69, 9.17) is 9.72 Å². The summed E-state index contributed by atoms with van der Waals surface area (Å²) in [6, 6.07) is 18.4. The summed E-state index contributed by atoms with van der Waals surface area (Å²) in [6.45, 7) is 0.867. The van der Waals surface area contributed by atoms with Crippen LogP contribution in [-0.2, 0) is 10.0 Å². The van der Waals surface area contributed by atoms with Crippen molar-refractivity contribution in [3.05, 3.63) is 82.9 Å². The van der Waals surface area contributed by atoms with Crippen LogP contribution in [0.5, 0.6) is 5.75 Å². The Morgan fingerprint density at radius 1 is 1.05 bits per heavy atom. The summed E-state index contributed by atoms with van der Waals surface area (Å²) in [5.74, 6) is 1.47. The number of aromatic nitrogens is 3. The molecule has 0 spiro atoms. The quantitative estimate of drug-likeness (QED) is 0.201. The van der Waals surface area contributed by atoms with Gasteiger partial charge in [-0.15, -0.1) is 11.3 Å². The van der Waals surface area contributed by atoms with Gasteiger partial charge in [0.15, 0.2) is 4.96 Å². The molecule has 0 atom stereocenters. The van der Waals surface area contributed by atoms with E-state index in [0.717, 1.165) is 37.7 Å². The zero-order valence-electron chi connectivity index (χ0n) is 19.9. The van der Waals surface area contributed by atoms with E-state index < -0.39 is 10.0 Å². The lowest BCUT2D eigenvalue weighted by molar-refractivity contribution is 0.415. The van der Waals surface area contributed by atoms with Crippen molar-refractivity contribution < 1.29 is 13.2 Å². The Bertz CT molecular complexity index is 1630. The van der Waals surface area contributed by atoms with Gasteiger partial charge in [0.25, 0.3) is 0 Å². The molecule has 8 nitrogen and oxygen atoms in total. The van der Waals surface area contributed by atoms with Gasteiger partial charge in [-0.05, 0) is 55.0 Å². The smallest absolute Gasteiger partial charge is 0.240 e. The van der Waals surface area contributed by atoms with Crippen LogP contribution in [0.3, 0.4) is 0 Å². The third-order valence-electron chi connectivity index (χ3n) is 5.71. The van der Waals surface area contributed by atoms with Crippen LogP contribution in [0.2, 0.25) is 0 Å². The normalized spacial score (nSPS) is 11.6. The van der Waals surface area contributed by atoms with Gasteiger partial charge in [-0.3, -0.25) is 4.40 Å². The van der Waals surface area contributed by atoms with Crippen molar-refractivity contribution >= 4 is 48.1 Å². The average Bonchev–Trinajstić information content (AvgIpc) is 3.50. The highest BCUT2D eigenvalue weighted by Crippen LogP contribution is 2.36. The largest absolute Gasteiger partial charge is 0.497 e. The van der Waals surface area contributed by atoms with Crippen LogP contribution in [0.1, 0.15) is 6.42 Å². The molecular weight excluding hydrogens is 574 g/mol. The fraction of sp³-hybridized carbons (Fsp3) is 0.154. The van der Waals surface area contributed by atoms with Gasteiger partial charge in [-0.1, -0.05) is 28.1 Å². The number of rotatable bonds is 10. The molecule has 37 heavy (non-hydrogen) atoms. The van der Waals surface area contributed by atoms with E-state index in [9.17, 15) is 8.42 Å². The third kappa shape index (κ3) is 5.69. The first-order valence-corrected chi connectivity index (χ1v) is 14.7. The zero-order chi connectivity index (χ0) is 25.8. The number of hydrogen-bond donors (Lipinski definition) is 2. The van der Waals surface area contributed by atoms with Crippen LogP contribution >= 0.6 is 27.3 Å². The Morgan fingerprint density at radius 2 is 1.89 bits per heavy atom. The molecule has 0 saturated carbocycles. The topological polar surface area (TPSA) is 97.6 Å². The Labute approximate surface area is 227 Å². The molecule has 3 heterocycles. The number of thiazole rings is 1. The van der Waals surface area contributed by atoms with Gasteiger partial charge in [-0.25, -0.2) is 23.1 Å². The maximum Gasteiger partial charge on any atom is 0.240 e. The second-order valence-electron chi connectivity index (χ2n) is 8.16. The number of nitrogens with zero attached hydrogens (tertiary/aromatic N) is 3. The number of anilines is 1. The first-order valence-electron chi connectivity index (χ1n) is 11.5. The van der Waals surface area contributed by atoms with Crippen molar-refractivity contribution in [1.82, 2.24) is 19.1 Å². The predicted octanol–water partition coefficient (Wildman–Crippen LogP) is 5.68. The Balaban J connectivity index is 1.29. The number of benzene rings is 2. The maximum absolute atomic E-state index is 12.5. The average molecular weight is 599 g/mol. The van der Waals surface area contributed by atoms with Gasteiger partial charge in [0.2, 0.25) is 10.0 Å². The minimum Gasteiger partial charge on any atom is -0.497 e. The van der Waals surface area contributed by atoms with Crippen LogP contribution in [-0.4, -0.2) is 43.0 Å². The molecule has 0 bridgehead atoms. The highest BCUT2D eigenvalue weighted by Gasteiger charge is 2.18. The van der Waals surface area contributed by atoms with Crippen molar-refractivity contribution in [2.24, 2.45) is 0 Å². The van der Waals surface area contributed by atoms with Crippen LogP contribution in [0.4, 0.5) is 5.82 Å². The van der Waals surface area contributed by atoms with Crippen LogP contribution in [0, 0.1) is 0 Å². The highest BCUT2D eigenvalue weighted by molar-refractivity contribution is 9.10. The molecule has 5 rings (SSSR count). The highest BCUT2D eigenvalue weighted by atomic mass is 79.9. The van der Waals surface area contributed by atoms with Crippen LogP contribution in [0.15, 0.2) is 87.8 Å². The molecule has 2 aromatic carbocycles. The fourth-order valence-corrected chi connectivity index (χ4v) is 5.97. The summed E-state index contributed by atoms with van der Waals surface area (Å²) >= 11 is 4.89. The van der Waals surface area contributed by atoms with Crippen molar-refractivity contribution in [3.8, 4) is 28.3 Å². The van der Waals surface area contributed by atoms with Gasteiger partial charge >= 0.3 is 0 Å². The molecule has 0 saturated heterocycles. The molecule has 0 amide bonds. The number of halogens is 1. The third-order valence-corrected chi connectivity index (χ3v) is 8.48. The molecule has 0 aliphatic carbocycles. The maximum atomic E-state index is 12.5. The second kappa shape index (κ2) is 11.0. The lowest BCUT2D eigenvalue weighted by Crippen LogP contribution is -2.26.